The quantitative estimate of drug-likeness (QED) is 0.567. The van der Waals surface area contributed by atoms with Crippen LogP contribution in [-0.4, -0.2) is 48.8 Å². The Morgan fingerprint density at radius 1 is 1.07 bits per heavy atom. The van der Waals surface area contributed by atoms with E-state index >= 15 is 0 Å². The zero-order valence-electron chi connectivity index (χ0n) is 15.8. The van der Waals surface area contributed by atoms with Crippen molar-refractivity contribution in [2.45, 2.75) is 19.0 Å². The first-order chi connectivity index (χ1) is 14.2. The van der Waals surface area contributed by atoms with Crippen LogP contribution in [-0.2, 0) is 4.74 Å². The predicted molar refractivity (Wildman–Crippen MR) is 107 cm³/mol. The molecule has 4 heterocycles. The van der Waals surface area contributed by atoms with E-state index in [4.69, 9.17) is 9.72 Å². The minimum Gasteiger partial charge on any atom is -0.377 e. The highest BCUT2D eigenvalue weighted by Crippen LogP contribution is 2.24. The van der Waals surface area contributed by atoms with Crippen molar-refractivity contribution in [1.82, 2.24) is 29.5 Å². The number of hydrogen-bond acceptors (Lipinski definition) is 7. The number of hydrogen-bond donors (Lipinski definition) is 1. The normalized spacial score (nSPS) is 18.9. The van der Waals surface area contributed by atoms with Crippen molar-refractivity contribution < 1.29 is 4.74 Å². The molecule has 1 fully saturated rings. The van der Waals surface area contributed by atoms with E-state index in [0.29, 0.717) is 24.8 Å². The lowest BCUT2D eigenvalue weighted by molar-refractivity contribution is 0.182. The number of nitrogens with one attached hydrogen (secondary N) is 1. The first kappa shape index (κ1) is 17.5. The molecule has 4 aromatic rings. The number of fused-ring (bicyclic) bond motifs is 1. The van der Waals surface area contributed by atoms with Crippen molar-refractivity contribution >= 4 is 16.9 Å². The molecular weight excluding hydrogens is 370 g/mol. The monoisotopic (exact) mass is 389 g/mol. The van der Waals surface area contributed by atoms with Gasteiger partial charge >= 0.3 is 0 Å². The standard InChI is InChI=1S/C20H19N7O2/c1-13-20(23-15-6-3-2-5-14(15)22-13)24-16-11-29-12-17(16)27-19(28)8-7-18(25-27)26-10-4-9-21-26/h2-10,16-17H,11-12H2,1H3,(H,23,24). The molecule has 0 bridgehead atoms. The van der Waals surface area contributed by atoms with Gasteiger partial charge < -0.3 is 10.1 Å². The summed E-state index contributed by atoms with van der Waals surface area (Å²) in [6.07, 6.45) is 3.45. The third kappa shape index (κ3) is 3.25. The van der Waals surface area contributed by atoms with Gasteiger partial charge in [-0.05, 0) is 31.2 Å². The van der Waals surface area contributed by atoms with Crippen molar-refractivity contribution in [1.29, 1.82) is 0 Å². The highest BCUT2D eigenvalue weighted by atomic mass is 16.5. The first-order valence-electron chi connectivity index (χ1n) is 9.36. The average molecular weight is 389 g/mol. The number of ether oxygens (including phenoxy) is 1. The molecule has 29 heavy (non-hydrogen) atoms. The van der Waals surface area contributed by atoms with Gasteiger partial charge in [-0.3, -0.25) is 4.79 Å². The molecule has 9 heteroatoms. The Morgan fingerprint density at radius 2 is 1.90 bits per heavy atom. The van der Waals surface area contributed by atoms with Gasteiger partial charge in [-0.15, -0.1) is 5.10 Å². The Balaban J connectivity index is 1.48. The third-order valence-electron chi connectivity index (χ3n) is 4.98. The van der Waals surface area contributed by atoms with E-state index in [9.17, 15) is 4.79 Å². The van der Waals surface area contributed by atoms with E-state index in [1.54, 1.807) is 29.2 Å². The van der Waals surface area contributed by atoms with Crippen LogP contribution in [0.4, 0.5) is 5.82 Å². The van der Waals surface area contributed by atoms with Gasteiger partial charge in [0.05, 0.1) is 36.0 Å². The summed E-state index contributed by atoms with van der Waals surface area (Å²) in [5.74, 6) is 1.25. The number of aryl methyl sites for hydroxylation is 1. The van der Waals surface area contributed by atoms with E-state index in [2.05, 4.69) is 20.5 Å². The predicted octanol–water partition coefficient (Wildman–Crippen LogP) is 1.73. The Bertz CT molecular complexity index is 1220. The topological polar surface area (TPSA) is 99.8 Å². The summed E-state index contributed by atoms with van der Waals surface area (Å²) in [5, 5.41) is 12.1. The molecule has 0 spiro atoms. The second-order valence-corrected chi connectivity index (χ2v) is 6.93. The Labute approximate surface area is 166 Å². The van der Waals surface area contributed by atoms with Crippen LogP contribution in [0.3, 0.4) is 0 Å². The smallest absolute Gasteiger partial charge is 0.267 e. The van der Waals surface area contributed by atoms with E-state index in [1.165, 1.54) is 10.7 Å². The molecule has 0 saturated carbocycles. The third-order valence-corrected chi connectivity index (χ3v) is 4.98. The van der Waals surface area contributed by atoms with Gasteiger partial charge in [0.15, 0.2) is 5.82 Å². The zero-order chi connectivity index (χ0) is 19.8. The maximum atomic E-state index is 12.5. The molecule has 1 N–H and O–H groups in total. The molecule has 1 aliphatic heterocycles. The first-order valence-corrected chi connectivity index (χ1v) is 9.36. The fraction of sp³-hybridized carbons (Fsp3) is 0.250. The van der Waals surface area contributed by atoms with E-state index < -0.39 is 0 Å². The molecule has 5 rings (SSSR count). The molecular formula is C20H19N7O2. The van der Waals surface area contributed by atoms with Crippen molar-refractivity contribution in [2.24, 2.45) is 0 Å². The van der Waals surface area contributed by atoms with Crippen LogP contribution in [0.5, 0.6) is 0 Å². The minimum absolute atomic E-state index is 0.165. The van der Waals surface area contributed by atoms with E-state index in [0.717, 1.165) is 16.7 Å². The molecule has 1 aliphatic rings. The highest BCUT2D eigenvalue weighted by Gasteiger charge is 2.32. The number of anilines is 1. The summed E-state index contributed by atoms with van der Waals surface area (Å²) in [6, 6.07) is 12.3. The molecule has 0 amide bonds. The lowest BCUT2D eigenvalue weighted by atomic mass is 10.1. The summed E-state index contributed by atoms with van der Waals surface area (Å²) in [5.41, 5.74) is 2.26. The summed E-state index contributed by atoms with van der Waals surface area (Å²) >= 11 is 0. The summed E-state index contributed by atoms with van der Waals surface area (Å²) < 4.78 is 8.76. The van der Waals surface area contributed by atoms with Gasteiger partial charge in [0.2, 0.25) is 0 Å². The van der Waals surface area contributed by atoms with Crippen LogP contribution >= 0.6 is 0 Å². The van der Waals surface area contributed by atoms with Gasteiger partial charge in [-0.1, -0.05) is 12.1 Å². The number of para-hydroxylation sites is 2. The zero-order valence-corrected chi connectivity index (χ0v) is 15.8. The number of rotatable bonds is 4. The molecule has 146 valence electrons. The largest absolute Gasteiger partial charge is 0.377 e. The van der Waals surface area contributed by atoms with Crippen LogP contribution < -0.4 is 10.9 Å². The maximum Gasteiger partial charge on any atom is 0.267 e. The summed E-state index contributed by atoms with van der Waals surface area (Å²) in [6.45, 7) is 2.74. The van der Waals surface area contributed by atoms with Crippen molar-refractivity contribution in [3.63, 3.8) is 0 Å². The van der Waals surface area contributed by atoms with Crippen LogP contribution in [0.15, 0.2) is 59.7 Å². The molecule has 9 nitrogen and oxygen atoms in total. The molecule has 2 atom stereocenters. The lowest BCUT2D eigenvalue weighted by Gasteiger charge is -2.22. The number of nitrogens with zero attached hydrogens (tertiary/aromatic N) is 6. The molecule has 0 aliphatic carbocycles. The Kier molecular flexibility index (Phi) is 4.28. The maximum absolute atomic E-state index is 12.5. The van der Waals surface area contributed by atoms with E-state index in [-0.39, 0.29) is 17.6 Å². The molecule has 0 radical (unpaired) electrons. The minimum atomic E-state index is -0.273. The van der Waals surface area contributed by atoms with Crippen LogP contribution in [0, 0.1) is 6.92 Å². The Hall–Kier alpha value is -3.59. The summed E-state index contributed by atoms with van der Waals surface area (Å²) in [7, 11) is 0. The van der Waals surface area contributed by atoms with E-state index in [1.807, 2.05) is 31.2 Å². The van der Waals surface area contributed by atoms with Gasteiger partial charge in [0, 0.05) is 18.5 Å². The lowest BCUT2D eigenvalue weighted by Crippen LogP contribution is -2.38. The molecule has 2 unspecified atom stereocenters. The average Bonchev–Trinajstić information content (AvgIpc) is 3.41. The molecule has 1 aromatic carbocycles. The van der Waals surface area contributed by atoms with Gasteiger partial charge in [0.1, 0.15) is 11.9 Å². The SMILES string of the molecule is Cc1nc2ccccc2nc1NC1COCC1n1nc(-n2cccn2)ccc1=O. The number of aromatic nitrogens is 6. The van der Waals surface area contributed by atoms with Gasteiger partial charge in [-0.25, -0.2) is 19.3 Å². The van der Waals surface area contributed by atoms with Crippen molar-refractivity contribution in [2.75, 3.05) is 18.5 Å². The highest BCUT2D eigenvalue weighted by molar-refractivity contribution is 5.76. The molecule has 3 aromatic heterocycles. The van der Waals surface area contributed by atoms with Gasteiger partial charge in [-0.2, -0.15) is 5.10 Å². The second-order valence-electron chi connectivity index (χ2n) is 6.93. The van der Waals surface area contributed by atoms with Crippen molar-refractivity contribution in [3.8, 4) is 5.82 Å². The Morgan fingerprint density at radius 3 is 2.69 bits per heavy atom. The summed E-state index contributed by atoms with van der Waals surface area (Å²) in [4.78, 5) is 21.8. The van der Waals surface area contributed by atoms with Crippen LogP contribution in [0.2, 0.25) is 0 Å². The fourth-order valence-electron chi connectivity index (χ4n) is 3.50. The molecule has 1 saturated heterocycles. The second kappa shape index (κ2) is 7.10. The van der Waals surface area contributed by atoms with Gasteiger partial charge in [0.25, 0.3) is 5.56 Å². The number of benzene rings is 1. The van der Waals surface area contributed by atoms with Crippen LogP contribution in [0.1, 0.15) is 11.7 Å². The van der Waals surface area contributed by atoms with Crippen molar-refractivity contribution in [3.05, 3.63) is 70.9 Å². The fourth-order valence-corrected chi connectivity index (χ4v) is 3.50. The van der Waals surface area contributed by atoms with Crippen LogP contribution in [0.25, 0.3) is 16.9 Å².